The maximum absolute atomic E-state index is 13.3. The van der Waals surface area contributed by atoms with E-state index in [0.29, 0.717) is 28.5 Å². The summed E-state index contributed by atoms with van der Waals surface area (Å²) in [6.45, 7) is 2.47. The average molecular weight is 508 g/mol. The molecule has 0 saturated carbocycles. The Balaban J connectivity index is 1.30. The van der Waals surface area contributed by atoms with Gasteiger partial charge in [-0.2, -0.15) is 0 Å². The molecule has 35 heavy (non-hydrogen) atoms. The Hall–Kier alpha value is -3.42. The zero-order chi connectivity index (χ0) is 24.5. The second-order valence-corrected chi connectivity index (χ2v) is 9.43. The van der Waals surface area contributed by atoms with Gasteiger partial charge in [-0.3, -0.25) is 14.6 Å². The summed E-state index contributed by atoms with van der Waals surface area (Å²) in [7, 11) is 0. The van der Waals surface area contributed by atoms with Crippen molar-refractivity contribution in [2.75, 3.05) is 6.54 Å². The minimum atomic E-state index is -0.377. The van der Waals surface area contributed by atoms with Crippen LogP contribution in [0, 0.1) is 0 Å². The van der Waals surface area contributed by atoms with Gasteiger partial charge in [-0.05, 0) is 68.3 Å². The molecule has 1 saturated heterocycles. The van der Waals surface area contributed by atoms with Crippen molar-refractivity contribution >= 4 is 46.0 Å². The van der Waals surface area contributed by atoms with E-state index in [1.807, 2.05) is 31.2 Å². The van der Waals surface area contributed by atoms with Gasteiger partial charge in [-0.25, -0.2) is 4.98 Å². The van der Waals surface area contributed by atoms with Crippen LogP contribution in [0.2, 0.25) is 10.0 Å². The summed E-state index contributed by atoms with van der Waals surface area (Å²) in [6, 6.07) is 15.4. The number of carbonyl (C=O) groups is 2. The molecule has 0 spiro atoms. The normalized spacial score (nSPS) is 16.4. The zero-order valence-electron chi connectivity index (χ0n) is 19.0. The molecule has 5 rings (SSSR count). The van der Waals surface area contributed by atoms with E-state index >= 15 is 0 Å². The fraction of sp³-hybridized carbons (Fsp3) is 0.231. The molecule has 4 aromatic rings. The van der Waals surface area contributed by atoms with Crippen molar-refractivity contribution in [2.45, 2.75) is 31.8 Å². The molecule has 1 aliphatic rings. The van der Waals surface area contributed by atoms with E-state index in [-0.39, 0.29) is 28.9 Å². The lowest BCUT2D eigenvalue weighted by Gasteiger charge is -2.25. The molecular formula is C26H23Cl2N5O2. The number of H-pyrrole nitrogens is 1. The highest BCUT2D eigenvalue weighted by molar-refractivity contribution is 6.34. The Morgan fingerprint density at radius 2 is 2.00 bits per heavy atom. The van der Waals surface area contributed by atoms with Gasteiger partial charge in [0.25, 0.3) is 11.8 Å². The van der Waals surface area contributed by atoms with Crippen molar-refractivity contribution in [3.8, 4) is 0 Å². The lowest BCUT2D eigenvalue weighted by atomic mass is 10.1. The summed E-state index contributed by atoms with van der Waals surface area (Å²) < 4.78 is 0. The number of imidazole rings is 1. The number of fused-ring (bicyclic) bond motifs is 1. The monoisotopic (exact) mass is 507 g/mol. The van der Waals surface area contributed by atoms with Crippen molar-refractivity contribution < 1.29 is 9.59 Å². The number of benzene rings is 2. The fourth-order valence-electron chi connectivity index (χ4n) is 4.43. The van der Waals surface area contributed by atoms with E-state index in [0.717, 1.165) is 29.6 Å². The predicted molar refractivity (Wildman–Crippen MR) is 136 cm³/mol. The minimum Gasteiger partial charge on any atom is -0.342 e. The maximum Gasteiger partial charge on any atom is 0.255 e. The molecule has 178 valence electrons. The summed E-state index contributed by atoms with van der Waals surface area (Å²) in [5.74, 6) is 0.136. The molecule has 0 aliphatic carbocycles. The van der Waals surface area contributed by atoms with Crippen LogP contribution in [0.4, 0.5) is 0 Å². The van der Waals surface area contributed by atoms with E-state index in [4.69, 9.17) is 23.2 Å². The lowest BCUT2D eigenvalue weighted by molar-refractivity contribution is 0.0732. The van der Waals surface area contributed by atoms with Crippen LogP contribution in [0.1, 0.15) is 64.1 Å². The number of aromatic nitrogens is 3. The van der Waals surface area contributed by atoms with Gasteiger partial charge in [0.2, 0.25) is 0 Å². The van der Waals surface area contributed by atoms with Crippen LogP contribution < -0.4 is 5.32 Å². The second-order valence-electron chi connectivity index (χ2n) is 8.58. The van der Waals surface area contributed by atoms with E-state index in [1.54, 1.807) is 35.4 Å². The Morgan fingerprint density at radius 3 is 2.77 bits per heavy atom. The van der Waals surface area contributed by atoms with Crippen LogP contribution in [0.25, 0.3) is 11.0 Å². The van der Waals surface area contributed by atoms with E-state index in [1.165, 1.54) is 6.07 Å². The summed E-state index contributed by atoms with van der Waals surface area (Å²) in [5, 5.41) is 3.75. The number of likely N-dealkylation sites (tertiary alicyclic amines) is 1. The largest absolute Gasteiger partial charge is 0.342 e. The highest BCUT2D eigenvalue weighted by Crippen LogP contribution is 2.33. The third kappa shape index (κ3) is 4.74. The molecule has 0 bridgehead atoms. The number of hydrogen-bond acceptors (Lipinski definition) is 4. The zero-order valence-corrected chi connectivity index (χ0v) is 20.5. The van der Waals surface area contributed by atoms with Crippen molar-refractivity contribution in [3.63, 3.8) is 0 Å². The number of amides is 2. The molecule has 0 radical (unpaired) electrons. The third-order valence-corrected chi connectivity index (χ3v) is 6.77. The van der Waals surface area contributed by atoms with Crippen molar-refractivity contribution in [1.82, 2.24) is 25.2 Å². The molecule has 9 heteroatoms. The average Bonchev–Trinajstić information content (AvgIpc) is 3.51. The van der Waals surface area contributed by atoms with Crippen LogP contribution in [0.5, 0.6) is 0 Å². The highest BCUT2D eigenvalue weighted by atomic mass is 35.5. The maximum atomic E-state index is 13.3. The molecule has 2 unspecified atom stereocenters. The first-order valence-electron chi connectivity index (χ1n) is 11.4. The van der Waals surface area contributed by atoms with Gasteiger partial charge in [-0.15, -0.1) is 0 Å². The summed E-state index contributed by atoms with van der Waals surface area (Å²) >= 11 is 12.5. The molecule has 2 amide bonds. The molecule has 1 fully saturated rings. The van der Waals surface area contributed by atoms with Crippen molar-refractivity contribution in [2.24, 2.45) is 0 Å². The van der Waals surface area contributed by atoms with Crippen LogP contribution in [-0.4, -0.2) is 38.2 Å². The Kier molecular flexibility index (Phi) is 6.45. The second kappa shape index (κ2) is 9.68. The number of rotatable bonds is 5. The number of pyridine rings is 1. The SMILES string of the molecule is CC(NC(=O)c1ccc(C(=O)N2CCCC2c2ccccn2)c(Cl)c1)c1nc2cc(Cl)ccc2[nH]1. The van der Waals surface area contributed by atoms with Gasteiger partial charge >= 0.3 is 0 Å². The van der Waals surface area contributed by atoms with Gasteiger partial charge < -0.3 is 15.2 Å². The van der Waals surface area contributed by atoms with Gasteiger partial charge in [0.05, 0.1) is 39.4 Å². The number of halogens is 2. The number of carbonyl (C=O) groups excluding carboxylic acids is 2. The molecule has 2 N–H and O–H groups in total. The van der Waals surface area contributed by atoms with Crippen LogP contribution >= 0.6 is 23.2 Å². The van der Waals surface area contributed by atoms with Gasteiger partial charge in [-0.1, -0.05) is 29.3 Å². The summed E-state index contributed by atoms with van der Waals surface area (Å²) in [6.07, 6.45) is 3.49. The van der Waals surface area contributed by atoms with Crippen molar-refractivity contribution in [1.29, 1.82) is 0 Å². The molecular weight excluding hydrogens is 485 g/mol. The van der Waals surface area contributed by atoms with E-state index in [2.05, 4.69) is 20.3 Å². The smallest absolute Gasteiger partial charge is 0.255 e. The van der Waals surface area contributed by atoms with Crippen LogP contribution in [-0.2, 0) is 0 Å². The quantitative estimate of drug-likeness (QED) is 0.360. The van der Waals surface area contributed by atoms with E-state index < -0.39 is 0 Å². The summed E-state index contributed by atoms with van der Waals surface area (Å²) in [4.78, 5) is 40.1. The van der Waals surface area contributed by atoms with Gasteiger partial charge in [0.15, 0.2) is 0 Å². The molecule has 2 aromatic carbocycles. The number of nitrogens with one attached hydrogen (secondary N) is 2. The molecule has 2 atom stereocenters. The van der Waals surface area contributed by atoms with E-state index in [9.17, 15) is 9.59 Å². The topological polar surface area (TPSA) is 91.0 Å². The third-order valence-electron chi connectivity index (χ3n) is 6.23. The molecule has 2 aromatic heterocycles. The van der Waals surface area contributed by atoms with Crippen LogP contribution in [0.15, 0.2) is 60.8 Å². The standard InChI is InChI=1S/C26H23Cl2N5O2/c1-15(24-31-20-10-8-17(27)14-22(20)32-24)30-25(34)16-7-9-18(19(28)13-16)26(35)33-12-4-6-23(33)21-5-2-3-11-29-21/h2-3,5,7-11,13-15,23H,4,6,12H2,1H3,(H,30,34)(H,31,32). The first kappa shape index (κ1) is 23.3. The van der Waals surface area contributed by atoms with Gasteiger partial charge in [0.1, 0.15) is 5.82 Å². The number of hydrogen-bond donors (Lipinski definition) is 2. The number of nitrogens with zero attached hydrogens (tertiary/aromatic N) is 3. The highest BCUT2D eigenvalue weighted by Gasteiger charge is 2.32. The Labute approximate surface area is 212 Å². The fourth-order valence-corrected chi connectivity index (χ4v) is 4.85. The molecule has 1 aliphatic heterocycles. The predicted octanol–water partition coefficient (Wildman–Crippen LogP) is 5.73. The molecule has 3 heterocycles. The Bertz CT molecular complexity index is 1410. The van der Waals surface area contributed by atoms with Crippen molar-refractivity contribution in [3.05, 3.63) is 93.5 Å². The minimum absolute atomic E-state index is 0.0812. The van der Waals surface area contributed by atoms with Gasteiger partial charge in [0, 0.05) is 23.3 Å². The first-order valence-corrected chi connectivity index (χ1v) is 12.1. The molecule has 7 nitrogen and oxygen atoms in total. The summed E-state index contributed by atoms with van der Waals surface area (Å²) in [5.41, 5.74) is 3.16. The Morgan fingerprint density at radius 1 is 1.14 bits per heavy atom. The first-order chi connectivity index (χ1) is 16.9. The van der Waals surface area contributed by atoms with Crippen LogP contribution in [0.3, 0.4) is 0 Å². The lowest BCUT2D eigenvalue weighted by Crippen LogP contribution is -2.31. The number of aromatic amines is 1.